The molecule has 0 bridgehead atoms. The Labute approximate surface area is 192 Å². The third-order valence-corrected chi connectivity index (χ3v) is 6.93. The molecule has 1 aliphatic carbocycles. The van der Waals surface area contributed by atoms with Crippen molar-refractivity contribution in [3.8, 4) is 0 Å². The van der Waals surface area contributed by atoms with Gasteiger partial charge in [-0.15, -0.1) is 11.6 Å². The molecule has 3 aliphatic rings. The number of carbonyl (C=O) groups excluding carboxylic acids is 1. The molecule has 1 aromatic heterocycles. The van der Waals surface area contributed by atoms with Gasteiger partial charge in [0.2, 0.25) is 0 Å². The Hall–Kier alpha value is -2.52. The molecule has 0 aromatic carbocycles. The second-order valence-corrected chi connectivity index (χ2v) is 10.8. The minimum absolute atomic E-state index is 0.210. The summed E-state index contributed by atoms with van der Waals surface area (Å²) in [4.78, 5) is 27.5. The summed E-state index contributed by atoms with van der Waals surface area (Å²) in [6.07, 6.45) is 7.92. The van der Waals surface area contributed by atoms with E-state index < -0.39 is 15.9 Å². The van der Waals surface area contributed by atoms with Crippen LogP contribution < -0.4 is 10.9 Å². The minimum Gasteiger partial charge on any atom is -0.449 e. The number of rotatable bonds is 6. The van der Waals surface area contributed by atoms with E-state index in [2.05, 4.69) is 5.32 Å². The van der Waals surface area contributed by atoms with Crippen molar-refractivity contribution in [3.63, 3.8) is 0 Å². The van der Waals surface area contributed by atoms with Crippen molar-refractivity contribution < 1.29 is 17.9 Å². The number of hydrogen-bond acceptors (Lipinski definition) is 6. The van der Waals surface area contributed by atoms with E-state index in [0.29, 0.717) is 53.2 Å². The van der Waals surface area contributed by atoms with Crippen molar-refractivity contribution in [2.75, 3.05) is 31.0 Å². The van der Waals surface area contributed by atoms with Crippen LogP contribution in [0.3, 0.4) is 0 Å². The molecule has 1 amide bonds. The largest absolute Gasteiger partial charge is 0.449 e. The van der Waals surface area contributed by atoms with Crippen LogP contribution in [0.5, 0.6) is 0 Å². The number of allylic oxidation sites excluding steroid dienone is 1. The molecule has 172 valence electrons. The summed E-state index contributed by atoms with van der Waals surface area (Å²) in [5.74, 6) is 0.302. The topological polar surface area (TPSA) is 97.7 Å². The summed E-state index contributed by atoms with van der Waals surface area (Å²) in [6, 6.07) is 1.49. The molecule has 0 saturated heterocycles. The van der Waals surface area contributed by atoms with Gasteiger partial charge in [0, 0.05) is 43.7 Å². The highest BCUT2D eigenvalue weighted by molar-refractivity contribution is 7.91. The number of nitrogens with zero attached hydrogens (tertiary/aromatic N) is 2. The number of hydrogen-bond donors (Lipinski definition) is 1. The Morgan fingerprint density at radius 3 is 2.84 bits per heavy atom. The summed E-state index contributed by atoms with van der Waals surface area (Å²) < 4.78 is 31.3. The molecule has 1 atom stereocenters. The first-order valence-corrected chi connectivity index (χ1v) is 13.1. The van der Waals surface area contributed by atoms with Crippen LogP contribution in [0.2, 0.25) is 0 Å². The van der Waals surface area contributed by atoms with Gasteiger partial charge in [-0.1, -0.05) is 0 Å². The van der Waals surface area contributed by atoms with Crippen molar-refractivity contribution >= 4 is 38.8 Å². The van der Waals surface area contributed by atoms with Crippen molar-refractivity contribution in [3.05, 3.63) is 57.2 Å². The maximum absolute atomic E-state index is 13.2. The van der Waals surface area contributed by atoms with Gasteiger partial charge < -0.3 is 14.6 Å². The molecule has 0 saturated carbocycles. The normalized spacial score (nSPS) is 19.5. The van der Waals surface area contributed by atoms with E-state index in [-0.39, 0.29) is 24.0 Å². The van der Waals surface area contributed by atoms with Gasteiger partial charge in [-0.3, -0.25) is 9.69 Å². The van der Waals surface area contributed by atoms with E-state index in [1.807, 2.05) is 0 Å². The summed E-state index contributed by atoms with van der Waals surface area (Å²) >= 11 is 5.69. The highest BCUT2D eigenvalue weighted by Crippen LogP contribution is 2.42. The lowest BCUT2D eigenvalue weighted by Crippen LogP contribution is -2.41. The molecule has 0 radical (unpaired) electrons. The van der Waals surface area contributed by atoms with Crippen molar-refractivity contribution in [1.29, 1.82) is 0 Å². The van der Waals surface area contributed by atoms with E-state index in [1.54, 1.807) is 36.5 Å². The van der Waals surface area contributed by atoms with Crippen molar-refractivity contribution in [2.24, 2.45) is 7.05 Å². The van der Waals surface area contributed by atoms with Gasteiger partial charge in [-0.25, -0.2) is 13.2 Å². The summed E-state index contributed by atoms with van der Waals surface area (Å²) in [5, 5.41) is 3.34. The molecule has 10 heteroatoms. The van der Waals surface area contributed by atoms with Crippen LogP contribution in [-0.4, -0.2) is 61.1 Å². The number of pyridine rings is 1. The molecular formula is C22H26ClN3O5S. The Bertz CT molecular complexity index is 1210. The molecule has 0 fully saturated rings. The molecule has 1 unspecified atom stereocenters. The van der Waals surface area contributed by atoms with Crippen LogP contribution in [0.25, 0.3) is 11.3 Å². The van der Waals surface area contributed by atoms with Gasteiger partial charge in [0.25, 0.3) is 5.56 Å². The Morgan fingerprint density at radius 2 is 2.12 bits per heavy atom. The van der Waals surface area contributed by atoms with Gasteiger partial charge in [0.15, 0.2) is 9.84 Å². The van der Waals surface area contributed by atoms with E-state index >= 15 is 0 Å². The third-order valence-electron chi connectivity index (χ3n) is 5.82. The van der Waals surface area contributed by atoms with Gasteiger partial charge in [-0.05, 0) is 48.1 Å². The number of nitrogens with one attached hydrogen (secondary N) is 1. The number of amides is 1. The van der Waals surface area contributed by atoms with E-state index in [0.717, 1.165) is 12.0 Å². The number of aromatic nitrogens is 1. The number of halogens is 1. The monoisotopic (exact) mass is 479 g/mol. The molecule has 1 aromatic rings. The second-order valence-electron chi connectivity index (χ2n) is 8.28. The maximum Gasteiger partial charge on any atom is 0.414 e. The lowest BCUT2D eigenvalue weighted by atomic mass is 9.92. The second kappa shape index (κ2) is 8.78. The Kier molecular flexibility index (Phi) is 6.22. The fourth-order valence-corrected chi connectivity index (χ4v) is 5.41. The summed E-state index contributed by atoms with van der Waals surface area (Å²) in [6.45, 7) is 0.847. The first-order valence-electron chi connectivity index (χ1n) is 10.5. The molecule has 1 N–H and O–H groups in total. The fraction of sp³-hybridized carbons (Fsp3) is 0.455. The Morgan fingerprint density at radius 1 is 1.34 bits per heavy atom. The first kappa shape index (κ1) is 22.7. The van der Waals surface area contributed by atoms with Gasteiger partial charge in [0.1, 0.15) is 0 Å². The summed E-state index contributed by atoms with van der Waals surface area (Å²) in [5.41, 5.74) is 3.53. The lowest BCUT2D eigenvalue weighted by molar-refractivity contribution is 0.109. The molecule has 4 rings (SSSR count). The van der Waals surface area contributed by atoms with Crippen LogP contribution in [0.15, 0.2) is 40.5 Å². The maximum atomic E-state index is 13.2. The number of alkyl halides is 1. The number of fused-ring (bicyclic) bond motifs is 2. The van der Waals surface area contributed by atoms with Crippen LogP contribution in [0.4, 0.5) is 4.79 Å². The zero-order valence-electron chi connectivity index (χ0n) is 18.1. The van der Waals surface area contributed by atoms with E-state index in [9.17, 15) is 18.0 Å². The Balaban J connectivity index is 1.82. The predicted octanol–water partition coefficient (Wildman–Crippen LogP) is 2.25. The molecule has 0 spiro atoms. The lowest BCUT2D eigenvalue weighted by Gasteiger charge is -2.30. The number of ether oxygens (including phenoxy) is 1. The van der Waals surface area contributed by atoms with Crippen molar-refractivity contribution in [1.82, 2.24) is 14.8 Å². The number of carbonyl (C=O) groups is 1. The third kappa shape index (κ3) is 4.23. The zero-order valence-corrected chi connectivity index (χ0v) is 19.6. The SMILES string of the molecule is Cn1ccc2c(c1=O)C1=C3C(=CN(C(=O)OCCCCCl)C3CCN1)C=C2CS(C)(=O)=O. The zero-order chi connectivity index (χ0) is 23.0. The number of aryl methyl sites for hydroxylation is 1. The van der Waals surface area contributed by atoms with Gasteiger partial charge >= 0.3 is 6.09 Å². The molecular weight excluding hydrogens is 454 g/mol. The minimum atomic E-state index is -3.36. The van der Waals surface area contributed by atoms with Crippen LogP contribution >= 0.6 is 11.6 Å². The highest BCUT2D eigenvalue weighted by atomic mass is 35.5. The van der Waals surface area contributed by atoms with Gasteiger partial charge in [0.05, 0.1) is 29.7 Å². The number of sulfone groups is 1. The quantitative estimate of drug-likeness (QED) is 0.496. The first-order chi connectivity index (χ1) is 15.2. The van der Waals surface area contributed by atoms with Crippen LogP contribution in [-0.2, 0) is 21.6 Å². The van der Waals surface area contributed by atoms with E-state index in [4.69, 9.17) is 16.3 Å². The average molecular weight is 480 g/mol. The smallest absolute Gasteiger partial charge is 0.414 e. The van der Waals surface area contributed by atoms with Crippen LogP contribution in [0.1, 0.15) is 30.4 Å². The van der Waals surface area contributed by atoms with E-state index in [1.165, 1.54) is 10.8 Å². The fourth-order valence-electron chi connectivity index (χ4n) is 4.42. The highest BCUT2D eigenvalue weighted by Gasteiger charge is 2.41. The standard InChI is InChI=1S/C22H26ClN3O5S/c1-25-9-6-16-15(13-32(2,29)30)11-14-12-26(22(28)31-10-4-3-7-23)17-5-8-24-20(18(14)17)19(16)21(25)27/h6,9,11-12,17,24H,3-5,7-8,10,13H2,1-2H3. The molecule has 2 aliphatic heterocycles. The van der Waals surface area contributed by atoms with Gasteiger partial charge in [-0.2, -0.15) is 0 Å². The molecule has 8 nitrogen and oxygen atoms in total. The average Bonchev–Trinajstić information content (AvgIpc) is 3.04. The summed E-state index contributed by atoms with van der Waals surface area (Å²) in [7, 11) is -1.70. The predicted molar refractivity (Wildman–Crippen MR) is 124 cm³/mol. The van der Waals surface area contributed by atoms with Crippen LogP contribution in [0, 0.1) is 0 Å². The van der Waals surface area contributed by atoms with Crippen molar-refractivity contribution in [2.45, 2.75) is 25.3 Å². The molecule has 32 heavy (non-hydrogen) atoms. The molecule has 3 heterocycles. The number of unbranched alkanes of at least 4 members (excludes halogenated alkanes) is 1.